The van der Waals surface area contributed by atoms with Crippen molar-refractivity contribution in [3.8, 4) is 5.75 Å². The minimum atomic E-state index is -1.14. The Bertz CT molecular complexity index is 471. The number of carbonyl (C=O) groups excluding carboxylic acids is 1. The Morgan fingerprint density at radius 1 is 1.39 bits per heavy atom. The van der Waals surface area contributed by atoms with E-state index in [1.807, 2.05) is 24.3 Å². The summed E-state index contributed by atoms with van der Waals surface area (Å²) in [7, 11) is 0. The molecule has 1 aliphatic heterocycles. The highest BCUT2D eigenvalue weighted by Crippen LogP contribution is 2.27. The Morgan fingerprint density at radius 3 is 2.89 bits per heavy atom. The molecule has 5 heteroatoms. The average molecular weight is 247 g/mol. The third kappa shape index (κ3) is 3.10. The summed E-state index contributed by atoms with van der Waals surface area (Å²) < 4.78 is 5.63. The van der Waals surface area contributed by atoms with E-state index in [9.17, 15) is 9.59 Å². The number of hydrogen-bond acceptors (Lipinski definition) is 3. The maximum Gasteiger partial charge on any atom is 0.328 e. The number of rotatable bonds is 4. The fraction of sp³-hybridized carbons (Fsp3) is 0.231. The molecule has 0 aliphatic carbocycles. The van der Waals surface area contributed by atoms with E-state index >= 15 is 0 Å². The highest BCUT2D eigenvalue weighted by molar-refractivity contribution is 5.93. The van der Waals surface area contributed by atoms with Gasteiger partial charge in [0.1, 0.15) is 11.9 Å². The third-order valence-corrected chi connectivity index (χ3v) is 2.60. The highest BCUT2D eigenvalue weighted by atomic mass is 16.5. The number of amides is 1. The fourth-order valence-electron chi connectivity index (χ4n) is 1.79. The van der Waals surface area contributed by atoms with Crippen LogP contribution in [-0.4, -0.2) is 29.6 Å². The lowest BCUT2D eigenvalue weighted by atomic mass is 10.1. The molecular formula is C13H13NO4. The van der Waals surface area contributed by atoms with Crippen LogP contribution in [0.5, 0.6) is 5.75 Å². The average Bonchev–Trinajstić information content (AvgIpc) is 2.76. The van der Waals surface area contributed by atoms with Gasteiger partial charge in [0.05, 0.1) is 6.54 Å². The fourth-order valence-corrected chi connectivity index (χ4v) is 1.79. The van der Waals surface area contributed by atoms with Crippen molar-refractivity contribution in [3.63, 3.8) is 0 Å². The van der Waals surface area contributed by atoms with E-state index in [2.05, 4.69) is 5.32 Å². The Morgan fingerprint density at radius 2 is 2.17 bits per heavy atom. The molecule has 1 aromatic rings. The second-order valence-electron chi connectivity index (χ2n) is 3.97. The maximum atomic E-state index is 11.3. The molecule has 1 heterocycles. The summed E-state index contributed by atoms with van der Waals surface area (Å²) in [6.45, 7) is 0.359. The van der Waals surface area contributed by atoms with Crippen LogP contribution in [0.1, 0.15) is 5.56 Å². The third-order valence-electron chi connectivity index (χ3n) is 2.60. The van der Waals surface area contributed by atoms with E-state index < -0.39 is 11.9 Å². The van der Waals surface area contributed by atoms with Crippen molar-refractivity contribution < 1.29 is 19.4 Å². The molecule has 0 spiro atoms. The molecule has 5 nitrogen and oxygen atoms in total. The Balaban J connectivity index is 1.80. The molecule has 1 amide bonds. The van der Waals surface area contributed by atoms with Crippen molar-refractivity contribution >= 4 is 11.9 Å². The number of ether oxygens (including phenoxy) is 1. The van der Waals surface area contributed by atoms with Gasteiger partial charge in [-0.05, 0) is 11.6 Å². The minimum absolute atomic E-state index is 0.0930. The van der Waals surface area contributed by atoms with Crippen molar-refractivity contribution in [2.24, 2.45) is 0 Å². The monoisotopic (exact) mass is 247 g/mol. The zero-order valence-corrected chi connectivity index (χ0v) is 9.63. The smallest absolute Gasteiger partial charge is 0.328 e. The number of benzene rings is 1. The van der Waals surface area contributed by atoms with Gasteiger partial charge in [-0.3, -0.25) is 4.79 Å². The Labute approximate surface area is 104 Å². The minimum Gasteiger partial charge on any atom is -0.488 e. The first-order valence-corrected chi connectivity index (χ1v) is 5.58. The lowest BCUT2D eigenvalue weighted by Gasteiger charge is -2.10. The zero-order valence-electron chi connectivity index (χ0n) is 9.63. The molecule has 0 saturated heterocycles. The van der Waals surface area contributed by atoms with Gasteiger partial charge in [-0.1, -0.05) is 18.2 Å². The van der Waals surface area contributed by atoms with Crippen LogP contribution in [-0.2, 0) is 16.0 Å². The lowest BCUT2D eigenvalue weighted by molar-refractivity contribution is -0.131. The van der Waals surface area contributed by atoms with Crippen molar-refractivity contribution in [2.45, 2.75) is 12.5 Å². The van der Waals surface area contributed by atoms with Gasteiger partial charge in [-0.2, -0.15) is 0 Å². The molecule has 0 aromatic heterocycles. The van der Waals surface area contributed by atoms with E-state index in [1.54, 1.807) is 0 Å². The molecule has 0 saturated carbocycles. The predicted molar refractivity (Wildman–Crippen MR) is 64.3 cm³/mol. The summed E-state index contributed by atoms with van der Waals surface area (Å²) in [6.07, 6.45) is 2.45. The topological polar surface area (TPSA) is 75.6 Å². The van der Waals surface area contributed by atoms with Crippen LogP contribution in [0.15, 0.2) is 36.4 Å². The normalized spacial score (nSPS) is 17.2. The van der Waals surface area contributed by atoms with Gasteiger partial charge in [0.2, 0.25) is 5.91 Å². The first-order chi connectivity index (χ1) is 8.65. The summed E-state index contributed by atoms with van der Waals surface area (Å²) >= 11 is 0. The van der Waals surface area contributed by atoms with Gasteiger partial charge in [0.15, 0.2) is 0 Å². The summed E-state index contributed by atoms with van der Waals surface area (Å²) in [4.78, 5) is 21.5. The van der Waals surface area contributed by atoms with E-state index in [0.29, 0.717) is 6.54 Å². The number of nitrogens with one attached hydrogen (secondary N) is 1. The number of aliphatic carboxylic acids is 1. The van der Waals surface area contributed by atoms with Crippen LogP contribution in [0.25, 0.3) is 0 Å². The summed E-state index contributed by atoms with van der Waals surface area (Å²) in [6, 6.07) is 7.72. The van der Waals surface area contributed by atoms with Crippen molar-refractivity contribution in [3.05, 3.63) is 42.0 Å². The van der Waals surface area contributed by atoms with E-state index in [0.717, 1.165) is 29.9 Å². The number of hydrogen-bond donors (Lipinski definition) is 2. The van der Waals surface area contributed by atoms with Gasteiger partial charge < -0.3 is 15.2 Å². The molecule has 1 aromatic carbocycles. The molecule has 18 heavy (non-hydrogen) atoms. The predicted octanol–water partition coefficient (Wildman–Crippen LogP) is 0.747. The molecule has 0 fully saturated rings. The van der Waals surface area contributed by atoms with Crippen molar-refractivity contribution in [1.82, 2.24) is 5.32 Å². The summed E-state index contributed by atoms with van der Waals surface area (Å²) in [5.74, 6) is -0.732. The highest BCUT2D eigenvalue weighted by Gasteiger charge is 2.22. The first kappa shape index (κ1) is 12.2. The van der Waals surface area contributed by atoms with Crippen molar-refractivity contribution in [2.75, 3.05) is 6.54 Å². The van der Waals surface area contributed by atoms with Crippen LogP contribution in [0.2, 0.25) is 0 Å². The lowest BCUT2D eigenvalue weighted by Crippen LogP contribution is -2.33. The van der Waals surface area contributed by atoms with E-state index in [1.165, 1.54) is 0 Å². The van der Waals surface area contributed by atoms with Gasteiger partial charge in [0.25, 0.3) is 0 Å². The molecule has 1 unspecified atom stereocenters. The standard InChI is InChI=1S/C13H13NO4/c15-12(5-6-13(16)17)14-8-10-7-9-3-1-2-4-11(9)18-10/h1-6,10H,7-8H2,(H,14,15)(H,16,17)/b6-5+. The van der Waals surface area contributed by atoms with E-state index in [4.69, 9.17) is 9.84 Å². The molecule has 0 radical (unpaired) electrons. The van der Waals surface area contributed by atoms with Crippen LogP contribution in [0, 0.1) is 0 Å². The molecule has 94 valence electrons. The maximum absolute atomic E-state index is 11.3. The molecule has 0 bridgehead atoms. The number of carbonyl (C=O) groups is 2. The quantitative estimate of drug-likeness (QED) is 0.770. The largest absolute Gasteiger partial charge is 0.488 e. The first-order valence-electron chi connectivity index (χ1n) is 5.58. The van der Waals surface area contributed by atoms with Crippen LogP contribution >= 0.6 is 0 Å². The van der Waals surface area contributed by atoms with Crippen LogP contribution in [0.3, 0.4) is 0 Å². The van der Waals surface area contributed by atoms with Crippen molar-refractivity contribution in [1.29, 1.82) is 0 Å². The number of para-hydroxylation sites is 1. The zero-order chi connectivity index (χ0) is 13.0. The number of carboxylic acid groups (broad SMARTS) is 1. The number of fused-ring (bicyclic) bond motifs is 1. The molecule has 1 aliphatic rings. The van der Waals surface area contributed by atoms with Gasteiger partial charge in [0, 0.05) is 18.6 Å². The Hall–Kier alpha value is -2.30. The summed E-state index contributed by atoms with van der Waals surface area (Å²) in [5, 5.41) is 11.0. The molecule has 1 atom stereocenters. The Kier molecular flexibility index (Phi) is 3.62. The van der Waals surface area contributed by atoms with Gasteiger partial charge in [-0.25, -0.2) is 4.79 Å². The van der Waals surface area contributed by atoms with E-state index in [-0.39, 0.29) is 6.10 Å². The SMILES string of the molecule is O=C(O)/C=C/C(=O)NCC1Cc2ccccc2O1. The summed E-state index contributed by atoms with van der Waals surface area (Å²) in [5.41, 5.74) is 1.12. The van der Waals surface area contributed by atoms with Crippen LogP contribution < -0.4 is 10.1 Å². The molecule has 2 N–H and O–H groups in total. The molecule has 2 rings (SSSR count). The number of carboxylic acids is 1. The molecular weight excluding hydrogens is 234 g/mol. The van der Waals surface area contributed by atoms with Gasteiger partial charge in [-0.15, -0.1) is 0 Å². The second kappa shape index (κ2) is 5.35. The van der Waals surface area contributed by atoms with Crippen LogP contribution in [0.4, 0.5) is 0 Å². The second-order valence-corrected chi connectivity index (χ2v) is 3.97. The van der Waals surface area contributed by atoms with Gasteiger partial charge >= 0.3 is 5.97 Å².